The highest BCUT2D eigenvalue weighted by molar-refractivity contribution is 6.09. The molecule has 0 saturated heterocycles. The molecule has 2 aromatic heterocycles. The number of hydrogen-bond donors (Lipinski definition) is 0. The monoisotopic (exact) mass is 688 g/mol. The Kier molecular flexibility index (Phi) is 7.74. The van der Waals surface area contributed by atoms with E-state index in [0.29, 0.717) is 0 Å². The lowest BCUT2D eigenvalue weighted by atomic mass is 9.77. The molecule has 4 nitrogen and oxygen atoms in total. The van der Waals surface area contributed by atoms with Crippen LogP contribution in [-0.2, 0) is 10.8 Å². The molecule has 0 fully saturated rings. The molecule has 53 heavy (non-hydrogen) atoms. The standard InChI is InChI=1S/C49H44N4/c1-48(2,3)35-28-29-50-47(32-35)53-43-23-12-10-21-40(43)41-27-26-37(31-46(41)53)49(4,5)36-18-15-19-38(30-36)51-33-52(45-25-14-13-24-44(45)51)42-22-11-9-20-39(42)34-16-7-6-8-17-34/h6-32H,33H2,1-5H3. The Labute approximate surface area is 312 Å². The van der Waals surface area contributed by atoms with Crippen molar-refractivity contribution in [3.8, 4) is 16.9 Å². The van der Waals surface area contributed by atoms with Gasteiger partial charge in [-0.2, -0.15) is 0 Å². The second kappa shape index (κ2) is 12.5. The summed E-state index contributed by atoms with van der Waals surface area (Å²) in [4.78, 5) is 9.82. The minimum atomic E-state index is -0.273. The summed E-state index contributed by atoms with van der Waals surface area (Å²) in [5.41, 5.74) is 13.1. The summed E-state index contributed by atoms with van der Waals surface area (Å²) < 4.78 is 2.35. The summed E-state index contributed by atoms with van der Waals surface area (Å²) in [6, 6.07) is 57.4. The summed E-state index contributed by atoms with van der Waals surface area (Å²) in [5.74, 6) is 0.951. The third kappa shape index (κ3) is 5.57. The van der Waals surface area contributed by atoms with Crippen molar-refractivity contribution in [1.29, 1.82) is 0 Å². The quantitative estimate of drug-likeness (QED) is 0.174. The lowest BCUT2D eigenvalue weighted by Crippen LogP contribution is -2.25. The first kappa shape index (κ1) is 32.8. The molecular weight excluding hydrogens is 645 g/mol. The molecule has 0 aliphatic carbocycles. The van der Waals surface area contributed by atoms with Gasteiger partial charge in [0.1, 0.15) is 12.5 Å². The Balaban J connectivity index is 1.12. The van der Waals surface area contributed by atoms with Crippen LogP contribution >= 0.6 is 0 Å². The molecule has 6 aromatic carbocycles. The van der Waals surface area contributed by atoms with Crippen molar-refractivity contribution in [3.63, 3.8) is 0 Å². The van der Waals surface area contributed by atoms with Crippen LogP contribution in [0.1, 0.15) is 51.3 Å². The van der Waals surface area contributed by atoms with Crippen molar-refractivity contribution in [2.75, 3.05) is 16.5 Å². The first-order valence-corrected chi connectivity index (χ1v) is 18.6. The van der Waals surface area contributed by atoms with Crippen molar-refractivity contribution in [3.05, 3.63) is 181 Å². The van der Waals surface area contributed by atoms with E-state index in [-0.39, 0.29) is 10.8 Å². The molecule has 0 spiro atoms. The van der Waals surface area contributed by atoms with E-state index in [1.54, 1.807) is 0 Å². The van der Waals surface area contributed by atoms with E-state index in [0.717, 1.165) is 12.5 Å². The summed E-state index contributed by atoms with van der Waals surface area (Å²) in [6.07, 6.45) is 1.95. The van der Waals surface area contributed by atoms with E-state index in [2.05, 4.69) is 207 Å². The zero-order valence-corrected chi connectivity index (χ0v) is 31.1. The third-order valence-corrected chi connectivity index (χ3v) is 11.1. The molecule has 260 valence electrons. The number of pyridine rings is 1. The molecule has 0 radical (unpaired) electrons. The fourth-order valence-electron chi connectivity index (χ4n) is 8.05. The summed E-state index contributed by atoms with van der Waals surface area (Å²) in [7, 11) is 0. The van der Waals surface area contributed by atoms with E-state index < -0.39 is 0 Å². The molecule has 3 heterocycles. The first-order valence-electron chi connectivity index (χ1n) is 18.6. The zero-order chi connectivity index (χ0) is 36.3. The van der Waals surface area contributed by atoms with E-state index in [1.807, 2.05) is 6.20 Å². The molecule has 4 heteroatoms. The van der Waals surface area contributed by atoms with E-state index in [9.17, 15) is 0 Å². The maximum absolute atomic E-state index is 4.92. The highest BCUT2D eigenvalue weighted by atomic mass is 15.4. The highest BCUT2D eigenvalue weighted by Crippen LogP contribution is 2.47. The van der Waals surface area contributed by atoms with Crippen LogP contribution in [0.5, 0.6) is 0 Å². The lowest BCUT2D eigenvalue weighted by molar-refractivity contribution is 0.588. The van der Waals surface area contributed by atoms with Crippen LogP contribution in [0.15, 0.2) is 164 Å². The number of fused-ring (bicyclic) bond motifs is 4. The van der Waals surface area contributed by atoms with Crippen LogP contribution in [0.3, 0.4) is 0 Å². The van der Waals surface area contributed by atoms with Gasteiger partial charge in [0, 0.05) is 33.6 Å². The van der Waals surface area contributed by atoms with Gasteiger partial charge in [-0.3, -0.25) is 4.57 Å². The van der Waals surface area contributed by atoms with Gasteiger partial charge in [-0.15, -0.1) is 0 Å². The van der Waals surface area contributed by atoms with Gasteiger partial charge < -0.3 is 9.80 Å². The smallest absolute Gasteiger partial charge is 0.137 e. The fourth-order valence-corrected chi connectivity index (χ4v) is 8.05. The minimum Gasteiger partial charge on any atom is -0.321 e. The second-order valence-corrected chi connectivity index (χ2v) is 15.8. The minimum absolute atomic E-state index is 0.0206. The highest BCUT2D eigenvalue weighted by Gasteiger charge is 2.31. The largest absolute Gasteiger partial charge is 0.321 e. The van der Waals surface area contributed by atoms with E-state index >= 15 is 0 Å². The van der Waals surface area contributed by atoms with Crippen molar-refractivity contribution in [1.82, 2.24) is 9.55 Å². The third-order valence-electron chi connectivity index (χ3n) is 11.1. The Morgan fingerprint density at radius 3 is 1.94 bits per heavy atom. The van der Waals surface area contributed by atoms with Crippen LogP contribution in [0.2, 0.25) is 0 Å². The Morgan fingerprint density at radius 1 is 0.491 bits per heavy atom. The van der Waals surface area contributed by atoms with Crippen LogP contribution < -0.4 is 9.80 Å². The van der Waals surface area contributed by atoms with Crippen LogP contribution in [0, 0.1) is 0 Å². The molecule has 1 aliphatic rings. The predicted molar refractivity (Wildman–Crippen MR) is 223 cm³/mol. The van der Waals surface area contributed by atoms with Gasteiger partial charge in [-0.1, -0.05) is 138 Å². The molecule has 0 atom stereocenters. The van der Waals surface area contributed by atoms with Crippen molar-refractivity contribution in [2.45, 2.75) is 45.4 Å². The normalized spacial score (nSPS) is 13.2. The molecule has 8 aromatic rings. The molecular formula is C49H44N4. The second-order valence-electron chi connectivity index (χ2n) is 15.8. The molecule has 0 N–H and O–H groups in total. The SMILES string of the molecule is CC(C)(C)c1ccnc(-n2c3ccccc3c3ccc(C(C)(C)c4cccc(N5CN(c6ccccc6-c6ccccc6)c6ccccc65)c4)cc32)c1. The number of rotatable bonds is 6. The number of aromatic nitrogens is 2. The Hall–Kier alpha value is -6.13. The van der Waals surface area contributed by atoms with Crippen LogP contribution in [-0.4, -0.2) is 16.2 Å². The van der Waals surface area contributed by atoms with Gasteiger partial charge in [0.05, 0.1) is 28.1 Å². The van der Waals surface area contributed by atoms with Gasteiger partial charge >= 0.3 is 0 Å². The molecule has 1 aliphatic heterocycles. The first-order chi connectivity index (χ1) is 25.7. The van der Waals surface area contributed by atoms with Crippen molar-refractivity contribution in [2.24, 2.45) is 0 Å². The maximum Gasteiger partial charge on any atom is 0.137 e. The number of anilines is 4. The predicted octanol–water partition coefficient (Wildman–Crippen LogP) is 12.7. The van der Waals surface area contributed by atoms with Gasteiger partial charge in [0.15, 0.2) is 0 Å². The molecule has 0 saturated carbocycles. The fraction of sp³-hybridized carbons (Fsp3) is 0.163. The van der Waals surface area contributed by atoms with Crippen LogP contribution in [0.25, 0.3) is 38.8 Å². The average Bonchev–Trinajstić information content (AvgIpc) is 3.74. The Bertz CT molecular complexity index is 2620. The number of para-hydroxylation sites is 4. The summed E-state index contributed by atoms with van der Waals surface area (Å²) in [5, 5.41) is 2.48. The molecule has 0 bridgehead atoms. The van der Waals surface area contributed by atoms with E-state index in [1.165, 1.54) is 72.4 Å². The van der Waals surface area contributed by atoms with Gasteiger partial charge in [0.2, 0.25) is 0 Å². The molecule has 0 unspecified atom stereocenters. The number of hydrogen-bond acceptors (Lipinski definition) is 3. The van der Waals surface area contributed by atoms with Crippen LogP contribution in [0.4, 0.5) is 22.7 Å². The average molecular weight is 689 g/mol. The topological polar surface area (TPSA) is 24.3 Å². The zero-order valence-electron chi connectivity index (χ0n) is 31.1. The van der Waals surface area contributed by atoms with Crippen molar-refractivity contribution >= 4 is 44.6 Å². The lowest BCUT2D eigenvalue weighted by Gasteiger charge is -2.29. The maximum atomic E-state index is 4.92. The molecule has 9 rings (SSSR count). The van der Waals surface area contributed by atoms with Gasteiger partial charge in [0.25, 0.3) is 0 Å². The molecule has 0 amide bonds. The Morgan fingerprint density at radius 2 is 1.15 bits per heavy atom. The van der Waals surface area contributed by atoms with Crippen molar-refractivity contribution < 1.29 is 0 Å². The number of benzene rings is 6. The van der Waals surface area contributed by atoms with Gasteiger partial charge in [-0.05, 0) is 82.3 Å². The van der Waals surface area contributed by atoms with Gasteiger partial charge in [-0.25, -0.2) is 4.98 Å². The van der Waals surface area contributed by atoms with E-state index in [4.69, 9.17) is 4.98 Å². The summed E-state index contributed by atoms with van der Waals surface area (Å²) in [6.45, 7) is 12.2. The summed E-state index contributed by atoms with van der Waals surface area (Å²) >= 11 is 0. The number of nitrogens with zero attached hydrogens (tertiary/aromatic N) is 4.